The second kappa shape index (κ2) is 7.84. The first-order valence-electron chi connectivity index (χ1n) is 7.33. The normalized spacial score (nSPS) is 12.2. The van der Waals surface area contributed by atoms with Gasteiger partial charge in [-0.25, -0.2) is 8.78 Å². The van der Waals surface area contributed by atoms with Crippen molar-refractivity contribution < 1.29 is 17.9 Å². The monoisotopic (exact) mass is 382 g/mol. The molecule has 0 N–H and O–H groups in total. The maximum atomic E-state index is 13.8. The number of thioether (sulfide) groups is 1. The number of ether oxygens (including phenoxy) is 1. The molecule has 0 aliphatic heterocycles. The Labute approximate surface area is 152 Å². The molecule has 130 valence electrons. The highest BCUT2D eigenvalue weighted by Gasteiger charge is 2.17. The third-order valence-electron chi connectivity index (χ3n) is 3.30. The van der Waals surface area contributed by atoms with Crippen LogP contribution in [0.25, 0.3) is 0 Å². The van der Waals surface area contributed by atoms with Crippen LogP contribution in [0.15, 0.2) is 52.1 Å². The number of rotatable bonds is 6. The first kappa shape index (κ1) is 17.7. The molecule has 1 heterocycles. The second-order valence-corrected chi connectivity index (χ2v) is 6.86. The van der Waals surface area contributed by atoms with Crippen LogP contribution in [0.1, 0.15) is 23.6 Å². The van der Waals surface area contributed by atoms with Crippen molar-refractivity contribution in [2.45, 2.75) is 24.0 Å². The van der Waals surface area contributed by atoms with Crippen molar-refractivity contribution in [3.8, 4) is 5.75 Å². The largest absolute Gasteiger partial charge is 0.484 e. The third-order valence-corrected chi connectivity index (χ3v) is 4.53. The molecule has 1 aromatic heterocycles. The summed E-state index contributed by atoms with van der Waals surface area (Å²) in [6.45, 7) is 1.88. The summed E-state index contributed by atoms with van der Waals surface area (Å²) in [4.78, 5) is 0. The summed E-state index contributed by atoms with van der Waals surface area (Å²) in [7, 11) is 0. The van der Waals surface area contributed by atoms with Crippen LogP contribution in [-0.2, 0) is 6.61 Å². The molecule has 0 aliphatic rings. The van der Waals surface area contributed by atoms with Crippen LogP contribution in [0.5, 0.6) is 5.75 Å². The number of benzene rings is 2. The molecule has 8 heteroatoms. The molecular weight excluding hydrogens is 370 g/mol. The molecular formula is C17H13ClF2N2O2S. The Hall–Kier alpha value is -2.12. The first-order chi connectivity index (χ1) is 12.0. The fourth-order valence-electron chi connectivity index (χ4n) is 2.07. The lowest BCUT2D eigenvalue weighted by atomic mass is 10.1. The lowest BCUT2D eigenvalue weighted by Crippen LogP contribution is -1.95. The van der Waals surface area contributed by atoms with Gasteiger partial charge in [0.2, 0.25) is 0 Å². The summed E-state index contributed by atoms with van der Waals surface area (Å²) in [5.41, 5.74) is 0.364. The van der Waals surface area contributed by atoms with Crippen molar-refractivity contribution in [2.75, 3.05) is 0 Å². The van der Waals surface area contributed by atoms with Gasteiger partial charge in [-0.2, -0.15) is 0 Å². The SMILES string of the molecule is CC(Sc1nnc(COc2ccc(Cl)cc2)o1)c1ccc(F)cc1F. The molecule has 0 bridgehead atoms. The van der Waals surface area contributed by atoms with Crippen molar-refractivity contribution >= 4 is 23.4 Å². The van der Waals surface area contributed by atoms with E-state index in [1.165, 1.54) is 23.9 Å². The van der Waals surface area contributed by atoms with Crippen LogP contribution >= 0.6 is 23.4 Å². The molecule has 1 unspecified atom stereocenters. The number of nitrogens with zero attached hydrogens (tertiary/aromatic N) is 2. The Kier molecular flexibility index (Phi) is 5.55. The number of aromatic nitrogens is 2. The van der Waals surface area contributed by atoms with Gasteiger partial charge in [0.25, 0.3) is 11.1 Å². The van der Waals surface area contributed by atoms with E-state index in [-0.39, 0.29) is 17.1 Å². The Morgan fingerprint density at radius 1 is 1.16 bits per heavy atom. The van der Waals surface area contributed by atoms with Crippen LogP contribution < -0.4 is 4.74 Å². The standard InChI is InChI=1S/C17H13ClF2N2O2S/c1-10(14-7-4-12(19)8-15(14)20)25-17-22-21-16(24-17)9-23-13-5-2-11(18)3-6-13/h2-8,10H,9H2,1H3. The van der Waals surface area contributed by atoms with Crippen molar-refractivity contribution in [2.24, 2.45) is 0 Å². The number of hydrogen-bond acceptors (Lipinski definition) is 5. The average molecular weight is 383 g/mol. The summed E-state index contributed by atoms with van der Waals surface area (Å²) in [6, 6.07) is 10.4. The maximum Gasteiger partial charge on any atom is 0.277 e. The Morgan fingerprint density at radius 2 is 1.92 bits per heavy atom. The van der Waals surface area contributed by atoms with E-state index in [9.17, 15) is 8.78 Å². The van der Waals surface area contributed by atoms with Gasteiger partial charge in [0.15, 0.2) is 6.61 Å². The van der Waals surface area contributed by atoms with Gasteiger partial charge in [-0.05, 0) is 37.3 Å². The molecule has 3 rings (SSSR count). The summed E-state index contributed by atoms with van der Waals surface area (Å²) in [5, 5.41) is 8.38. The summed E-state index contributed by atoms with van der Waals surface area (Å²) in [6.07, 6.45) is 0. The topological polar surface area (TPSA) is 48.2 Å². The number of halogens is 3. The van der Waals surface area contributed by atoms with E-state index in [0.29, 0.717) is 22.2 Å². The minimum absolute atomic E-state index is 0.106. The fraction of sp³-hybridized carbons (Fsp3) is 0.176. The fourth-order valence-corrected chi connectivity index (χ4v) is 3.04. The van der Waals surface area contributed by atoms with Crippen LogP contribution in [0.2, 0.25) is 5.02 Å². The molecule has 3 aromatic rings. The summed E-state index contributed by atoms with van der Waals surface area (Å²) in [5.74, 6) is -0.300. The summed E-state index contributed by atoms with van der Waals surface area (Å²) < 4.78 is 37.8. The zero-order valence-corrected chi connectivity index (χ0v) is 14.7. The minimum atomic E-state index is -0.613. The van der Waals surface area contributed by atoms with E-state index in [1.807, 2.05) is 0 Å². The second-order valence-electron chi connectivity index (χ2n) is 5.13. The molecule has 0 spiro atoms. The number of hydrogen-bond donors (Lipinski definition) is 0. The highest BCUT2D eigenvalue weighted by molar-refractivity contribution is 7.99. The van der Waals surface area contributed by atoms with Crippen molar-refractivity contribution in [3.63, 3.8) is 0 Å². The van der Waals surface area contributed by atoms with Gasteiger partial charge in [-0.15, -0.1) is 10.2 Å². The highest BCUT2D eigenvalue weighted by atomic mass is 35.5. The van der Waals surface area contributed by atoms with Crippen LogP contribution in [0.3, 0.4) is 0 Å². The van der Waals surface area contributed by atoms with Crippen LogP contribution in [0, 0.1) is 11.6 Å². The lowest BCUT2D eigenvalue weighted by molar-refractivity contribution is 0.252. The van der Waals surface area contributed by atoms with Crippen molar-refractivity contribution in [1.29, 1.82) is 0 Å². The molecule has 4 nitrogen and oxygen atoms in total. The van der Waals surface area contributed by atoms with Crippen LogP contribution in [-0.4, -0.2) is 10.2 Å². The molecule has 25 heavy (non-hydrogen) atoms. The molecule has 2 aromatic carbocycles. The third kappa shape index (κ3) is 4.70. The molecule has 0 saturated carbocycles. The van der Waals surface area contributed by atoms with E-state index in [0.717, 1.165) is 6.07 Å². The predicted molar refractivity (Wildman–Crippen MR) is 90.7 cm³/mol. The first-order valence-corrected chi connectivity index (χ1v) is 8.59. The van der Waals surface area contributed by atoms with Gasteiger partial charge in [0.1, 0.15) is 17.4 Å². The zero-order chi connectivity index (χ0) is 17.8. The van der Waals surface area contributed by atoms with Gasteiger partial charge in [0, 0.05) is 21.9 Å². The van der Waals surface area contributed by atoms with Gasteiger partial charge in [-0.1, -0.05) is 29.4 Å². The highest BCUT2D eigenvalue weighted by Crippen LogP contribution is 2.35. The predicted octanol–water partition coefficient (Wildman–Crippen LogP) is 5.43. The smallest absolute Gasteiger partial charge is 0.277 e. The van der Waals surface area contributed by atoms with Gasteiger partial charge < -0.3 is 9.15 Å². The van der Waals surface area contributed by atoms with Gasteiger partial charge in [0.05, 0.1) is 0 Å². The molecule has 0 radical (unpaired) electrons. The van der Waals surface area contributed by atoms with Crippen molar-refractivity contribution in [1.82, 2.24) is 10.2 Å². The van der Waals surface area contributed by atoms with E-state index < -0.39 is 11.6 Å². The Morgan fingerprint density at radius 3 is 2.64 bits per heavy atom. The van der Waals surface area contributed by atoms with Gasteiger partial charge >= 0.3 is 0 Å². The molecule has 0 fully saturated rings. The van der Waals surface area contributed by atoms with E-state index in [2.05, 4.69) is 10.2 Å². The molecule has 0 aliphatic carbocycles. The quantitative estimate of drug-likeness (QED) is 0.532. The van der Waals surface area contributed by atoms with E-state index in [1.54, 1.807) is 31.2 Å². The van der Waals surface area contributed by atoms with E-state index in [4.69, 9.17) is 20.8 Å². The lowest BCUT2D eigenvalue weighted by Gasteiger charge is -2.09. The van der Waals surface area contributed by atoms with Crippen molar-refractivity contribution in [3.05, 3.63) is 70.6 Å². The van der Waals surface area contributed by atoms with Gasteiger partial charge in [-0.3, -0.25) is 0 Å². The maximum absolute atomic E-state index is 13.8. The Bertz CT molecular complexity index is 858. The van der Waals surface area contributed by atoms with E-state index >= 15 is 0 Å². The molecule has 0 amide bonds. The summed E-state index contributed by atoms with van der Waals surface area (Å²) >= 11 is 6.99. The minimum Gasteiger partial charge on any atom is -0.484 e. The zero-order valence-electron chi connectivity index (χ0n) is 13.1. The Balaban J connectivity index is 1.60. The van der Waals surface area contributed by atoms with Crippen LogP contribution in [0.4, 0.5) is 8.78 Å². The average Bonchev–Trinajstić information content (AvgIpc) is 3.01. The molecule has 1 atom stereocenters. The molecule has 0 saturated heterocycles.